The highest BCUT2D eigenvalue weighted by Gasteiger charge is 2.07. The van der Waals surface area contributed by atoms with Gasteiger partial charge < -0.3 is 15.4 Å². The molecule has 0 fully saturated rings. The molecule has 0 radical (unpaired) electrons. The number of carbonyl (C=O) groups excluding carboxylic acids is 1. The van der Waals surface area contributed by atoms with Crippen molar-refractivity contribution >= 4 is 34.8 Å². The lowest BCUT2D eigenvalue weighted by molar-refractivity contribution is -0.118. The van der Waals surface area contributed by atoms with Crippen LogP contribution in [0.4, 0.5) is 17.3 Å². The van der Waals surface area contributed by atoms with E-state index in [9.17, 15) is 4.79 Å². The van der Waals surface area contributed by atoms with E-state index < -0.39 is 0 Å². The summed E-state index contributed by atoms with van der Waals surface area (Å²) in [5, 5.41) is 23.2. The van der Waals surface area contributed by atoms with Gasteiger partial charge in [-0.25, -0.2) is 0 Å². The van der Waals surface area contributed by atoms with Crippen LogP contribution in [0.1, 0.15) is 5.56 Å². The predicted molar refractivity (Wildman–Crippen MR) is 102 cm³/mol. The molecule has 3 aromatic rings. The number of nitrogens with one attached hydrogen (secondary N) is 2. The normalized spacial score (nSPS) is 9.93. The fourth-order valence-corrected chi connectivity index (χ4v) is 2.28. The van der Waals surface area contributed by atoms with Crippen molar-refractivity contribution in [3.63, 3.8) is 0 Å². The van der Waals surface area contributed by atoms with Crippen LogP contribution in [-0.2, 0) is 4.79 Å². The highest BCUT2D eigenvalue weighted by molar-refractivity contribution is 6.30. The van der Waals surface area contributed by atoms with Crippen LogP contribution in [0, 0.1) is 11.3 Å². The Labute approximate surface area is 160 Å². The highest BCUT2D eigenvalue weighted by atomic mass is 35.5. The summed E-state index contributed by atoms with van der Waals surface area (Å²) in [6.45, 7) is -0.168. The first-order valence-corrected chi connectivity index (χ1v) is 8.30. The summed E-state index contributed by atoms with van der Waals surface area (Å²) < 4.78 is 5.36. The number of hydrogen-bond acceptors (Lipinski definition) is 6. The number of rotatable bonds is 6. The van der Waals surface area contributed by atoms with Crippen LogP contribution in [-0.4, -0.2) is 22.7 Å². The number of carbonyl (C=O) groups is 1. The molecule has 0 atom stereocenters. The molecule has 0 unspecified atom stereocenters. The summed E-state index contributed by atoms with van der Waals surface area (Å²) >= 11 is 5.79. The molecule has 2 aromatic carbocycles. The lowest BCUT2D eigenvalue weighted by Crippen LogP contribution is -2.21. The maximum atomic E-state index is 11.9. The molecular formula is C19H14ClN5O2. The molecule has 134 valence electrons. The van der Waals surface area contributed by atoms with E-state index in [1.807, 2.05) is 6.07 Å². The standard InChI is InChI=1S/C19H14ClN5O2/c20-14-5-7-15(8-6-14)27-12-19(26)23-18-10-9-17(24-25-18)22-16-4-2-1-3-13(16)11-21/h1-10H,12H2,(H,22,24)(H,23,25,26). The molecule has 3 rings (SSSR count). The molecule has 8 heteroatoms. The number of ether oxygens (including phenoxy) is 1. The monoisotopic (exact) mass is 379 g/mol. The van der Waals surface area contributed by atoms with Crippen molar-refractivity contribution < 1.29 is 9.53 Å². The van der Waals surface area contributed by atoms with Crippen molar-refractivity contribution in [1.29, 1.82) is 5.26 Å². The minimum absolute atomic E-state index is 0.168. The molecular weight excluding hydrogens is 366 g/mol. The second-order valence-corrected chi connectivity index (χ2v) is 5.81. The quantitative estimate of drug-likeness (QED) is 0.676. The molecule has 0 spiro atoms. The third-order valence-corrected chi connectivity index (χ3v) is 3.68. The maximum absolute atomic E-state index is 11.9. The first-order valence-electron chi connectivity index (χ1n) is 7.92. The smallest absolute Gasteiger partial charge is 0.263 e. The van der Waals surface area contributed by atoms with Gasteiger partial charge >= 0.3 is 0 Å². The number of halogens is 1. The molecule has 0 aliphatic rings. The predicted octanol–water partition coefficient (Wildman–Crippen LogP) is 3.76. The summed E-state index contributed by atoms with van der Waals surface area (Å²) in [5.74, 6) is 0.915. The van der Waals surface area contributed by atoms with E-state index >= 15 is 0 Å². The molecule has 0 saturated heterocycles. The Bertz CT molecular complexity index is 969. The van der Waals surface area contributed by atoms with E-state index in [0.29, 0.717) is 33.7 Å². The molecule has 0 saturated carbocycles. The molecule has 1 amide bonds. The number of amides is 1. The summed E-state index contributed by atoms with van der Waals surface area (Å²) in [6, 6.07) is 19.1. The largest absolute Gasteiger partial charge is 0.484 e. The minimum Gasteiger partial charge on any atom is -0.484 e. The van der Waals surface area contributed by atoms with Gasteiger partial charge in [-0.2, -0.15) is 5.26 Å². The molecule has 2 N–H and O–H groups in total. The Kier molecular flexibility index (Phi) is 5.82. The Morgan fingerprint density at radius 3 is 2.44 bits per heavy atom. The van der Waals surface area contributed by atoms with Crippen LogP contribution in [0.5, 0.6) is 5.75 Å². The van der Waals surface area contributed by atoms with Crippen molar-refractivity contribution in [2.24, 2.45) is 0 Å². The summed E-state index contributed by atoms with van der Waals surface area (Å²) in [4.78, 5) is 11.9. The Hall–Kier alpha value is -3.63. The van der Waals surface area contributed by atoms with Gasteiger partial charge in [0.2, 0.25) is 0 Å². The van der Waals surface area contributed by atoms with E-state index in [-0.39, 0.29) is 12.5 Å². The van der Waals surface area contributed by atoms with Gasteiger partial charge in [-0.3, -0.25) is 4.79 Å². The number of para-hydroxylation sites is 1. The van der Waals surface area contributed by atoms with Gasteiger partial charge in [-0.15, -0.1) is 10.2 Å². The van der Waals surface area contributed by atoms with Crippen molar-refractivity contribution in [2.45, 2.75) is 0 Å². The van der Waals surface area contributed by atoms with Gasteiger partial charge in [0.1, 0.15) is 11.8 Å². The number of nitrogens with zero attached hydrogens (tertiary/aromatic N) is 3. The molecule has 0 aliphatic carbocycles. The van der Waals surface area contributed by atoms with Crippen LogP contribution in [0.2, 0.25) is 5.02 Å². The summed E-state index contributed by atoms with van der Waals surface area (Å²) in [6.07, 6.45) is 0. The fourth-order valence-electron chi connectivity index (χ4n) is 2.15. The highest BCUT2D eigenvalue weighted by Crippen LogP contribution is 2.19. The van der Waals surface area contributed by atoms with Crippen LogP contribution < -0.4 is 15.4 Å². The van der Waals surface area contributed by atoms with Gasteiger partial charge in [0.05, 0.1) is 11.3 Å². The molecule has 1 aromatic heterocycles. The van der Waals surface area contributed by atoms with Crippen LogP contribution in [0.25, 0.3) is 0 Å². The average Bonchev–Trinajstić information content (AvgIpc) is 2.69. The lowest BCUT2D eigenvalue weighted by Gasteiger charge is -2.08. The Balaban J connectivity index is 1.55. The maximum Gasteiger partial charge on any atom is 0.263 e. The zero-order chi connectivity index (χ0) is 19.1. The zero-order valence-corrected chi connectivity index (χ0v) is 14.8. The first-order chi connectivity index (χ1) is 13.1. The van der Waals surface area contributed by atoms with Crippen LogP contribution in [0.3, 0.4) is 0 Å². The van der Waals surface area contributed by atoms with Crippen molar-refractivity contribution in [3.8, 4) is 11.8 Å². The zero-order valence-electron chi connectivity index (χ0n) is 14.0. The molecule has 1 heterocycles. The van der Waals surface area contributed by atoms with Gasteiger partial charge in [0, 0.05) is 5.02 Å². The third-order valence-electron chi connectivity index (χ3n) is 3.43. The fraction of sp³-hybridized carbons (Fsp3) is 0.0526. The number of hydrogen-bond donors (Lipinski definition) is 2. The Morgan fingerprint density at radius 2 is 1.74 bits per heavy atom. The third kappa shape index (κ3) is 5.17. The van der Waals surface area contributed by atoms with Gasteiger partial charge in [-0.1, -0.05) is 23.7 Å². The topological polar surface area (TPSA) is 99.9 Å². The lowest BCUT2D eigenvalue weighted by atomic mass is 10.2. The van der Waals surface area contributed by atoms with Gasteiger partial charge in [0.15, 0.2) is 18.2 Å². The first kappa shape index (κ1) is 18.2. The minimum atomic E-state index is -0.366. The average molecular weight is 380 g/mol. The number of aromatic nitrogens is 2. The molecule has 27 heavy (non-hydrogen) atoms. The molecule has 0 bridgehead atoms. The van der Waals surface area contributed by atoms with Crippen molar-refractivity contribution in [1.82, 2.24) is 10.2 Å². The number of benzene rings is 2. The van der Waals surface area contributed by atoms with E-state index in [1.54, 1.807) is 54.6 Å². The van der Waals surface area contributed by atoms with E-state index in [4.69, 9.17) is 21.6 Å². The Morgan fingerprint density at radius 1 is 1.04 bits per heavy atom. The molecule has 0 aliphatic heterocycles. The summed E-state index contributed by atoms with van der Waals surface area (Å²) in [5.41, 5.74) is 1.12. The summed E-state index contributed by atoms with van der Waals surface area (Å²) in [7, 11) is 0. The van der Waals surface area contributed by atoms with Crippen LogP contribution >= 0.6 is 11.6 Å². The van der Waals surface area contributed by atoms with E-state index in [1.165, 1.54) is 0 Å². The van der Waals surface area contributed by atoms with Crippen LogP contribution in [0.15, 0.2) is 60.7 Å². The second kappa shape index (κ2) is 8.65. The van der Waals surface area contributed by atoms with Crippen molar-refractivity contribution in [3.05, 3.63) is 71.2 Å². The van der Waals surface area contributed by atoms with Gasteiger partial charge in [-0.05, 0) is 48.5 Å². The van der Waals surface area contributed by atoms with Crippen molar-refractivity contribution in [2.75, 3.05) is 17.2 Å². The van der Waals surface area contributed by atoms with Gasteiger partial charge in [0.25, 0.3) is 5.91 Å². The van der Waals surface area contributed by atoms with E-state index in [2.05, 4.69) is 26.9 Å². The SMILES string of the molecule is N#Cc1ccccc1Nc1ccc(NC(=O)COc2ccc(Cl)cc2)nn1. The number of anilines is 3. The number of nitriles is 1. The second-order valence-electron chi connectivity index (χ2n) is 5.38. The molecule has 7 nitrogen and oxygen atoms in total. The van der Waals surface area contributed by atoms with E-state index in [0.717, 1.165) is 0 Å².